The minimum absolute atomic E-state index is 0.00589. The third kappa shape index (κ3) is 3.70. The van der Waals surface area contributed by atoms with E-state index in [1.807, 2.05) is 18.2 Å². The van der Waals surface area contributed by atoms with E-state index in [4.69, 9.17) is 0 Å². The smallest absolute Gasteiger partial charge is 0.258 e. The molecule has 0 aromatic carbocycles. The van der Waals surface area contributed by atoms with Gasteiger partial charge in [0.1, 0.15) is 0 Å². The third-order valence-corrected chi connectivity index (χ3v) is 5.18. The SMILES string of the molecule is O=c1cc(CN2CCC([C@H](O)c3ccccn3)CC2)nc2c(O)cccn12. The Labute approximate surface area is 156 Å². The Morgan fingerprint density at radius 2 is 2.00 bits per heavy atom. The van der Waals surface area contributed by atoms with Crippen LogP contribution in [0.5, 0.6) is 5.75 Å². The van der Waals surface area contributed by atoms with Gasteiger partial charge in [-0.2, -0.15) is 0 Å². The summed E-state index contributed by atoms with van der Waals surface area (Å²) in [7, 11) is 0. The normalized spacial score (nSPS) is 17.2. The molecule has 0 bridgehead atoms. The second kappa shape index (κ2) is 7.46. The quantitative estimate of drug-likeness (QED) is 0.731. The highest BCUT2D eigenvalue weighted by molar-refractivity contribution is 5.52. The summed E-state index contributed by atoms with van der Waals surface area (Å²) in [6, 6.07) is 10.2. The van der Waals surface area contributed by atoms with Gasteiger partial charge in [0, 0.05) is 25.0 Å². The molecule has 4 heterocycles. The predicted molar refractivity (Wildman–Crippen MR) is 100 cm³/mol. The maximum Gasteiger partial charge on any atom is 0.258 e. The Bertz CT molecular complexity index is 981. The number of hydrogen-bond acceptors (Lipinski definition) is 6. The second-order valence-corrected chi connectivity index (χ2v) is 6.99. The fourth-order valence-corrected chi connectivity index (χ4v) is 3.69. The molecule has 0 amide bonds. The second-order valence-electron chi connectivity index (χ2n) is 6.99. The lowest BCUT2D eigenvalue weighted by molar-refractivity contribution is 0.0537. The number of aromatic nitrogens is 3. The Kier molecular flexibility index (Phi) is 4.87. The number of aliphatic hydroxyl groups is 1. The molecule has 1 fully saturated rings. The lowest BCUT2D eigenvalue weighted by atomic mass is 9.89. The van der Waals surface area contributed by atoms with Crippen molar-refractivity contribution in [2.24, 2.45) is 5.92 Å². The number of rotatable bonds is 4. The van der Waals surface area contributed by atoms with Gasteiger partial charge in [-0.1, -0.05) is 6.07 Å². The molecule has 4 rings (SSSR count). The number of aliphatic hydroxyl groups excluding tert-OH is 1. The van der Waals surface area contributed by atoms with Crippen molar-refractivity contribution < 1.29 is 10.2 Å². The van der Waals surface area contributed by atoms with E-state index in [2.05, 4.69) is 14.9 Å². The predicted octanol–water partition coefficient (Wildman–Crippen LogP) is 1.74. The fourth-order valence-electron chi connectivity index (χ4n) is 3.69. The lowest BCUT2D eigenvalue weighted by Gasteiger charge is -2.33. The third-order valence-electron chi connectivity index (χ3n) is 5.18. The average molecular weight is 366 g/mol. The molecule has 0 spiro atoms. The minimum atomic E-state index is -0.547. The van der Waals surface area contributed by atoms with Crippen molar-refractivity contribution in [3.8, 4) is 5.75 Å². The molecule has 7 heteroatoms. The average Bonchev–Trinajstić information content (AvgIpc) is 2.70. The summed E-state index contributed by atoms with van der Waals surface area (Å²) in [4.78, 5) is 23.2. The lowest BCUT2D eigenvalue weighted by Crippen LogP contribution is -2.36. The molecule has 0 unspecified atom stereocenters. The van der Waals surface area contributed by atoms with Crippen molar-refractivity contribution in [2.45, 2.75) is 25.5 Å². The van der Waals surface area contributed by atoms with Crippen molar-refractivity contribution in [3.63, 3.8) is 0 Å². The summed E-state index contributed by atoms with van der Waals surface area (Å²) in [6.07, 6.45) is 4.46. The van der Waals surface area contributed by atoms with Gasteiger partial charge in [0.25, 0.3) is 5.56 Å². The standard InChI is InChI=1S/C20H22N4O3/c25-17-5-3-9-24-18(26)12-15(22-20(17)24)13-23-10-6-14(7-11-23)19(27)16-4-1-2-8-21-16/h1-5,8-9,12,14,19,25,27H,6-7,10-11,13H2/t19-/m0/s1. The van der Waals surface area contributed by atoms with Gasteiger partial charge in [0.2, 0.25) is 0 Å². The molecule has 0 saturated carbocycles. The maximum atomic E-state index is 12.2. The number of piperidine rings is 1. The molecule has 1 saturated heterocycles. The molecular formula is C20H22N4O3. The zero-order valence-electron chi connectivity index (χ0n) is 14.9. The molecule has 1 atom stereocenters. The maximum absolute atomic E-state index is 12.2. The van der Waals surface area contributed by atoms with Crippen LogP contribution in [0.15, 0.2) is 53.6 Å². The molecule has 1 aliphatic heterocycles. The monoisotopic (exact) mass is 366 g/mol. The van der Waals surface area contributed by atoms with Crippen LogP contribution >= 0.6 is 0 Å². The van der Waals surface area contributed by atoms with E-state index in [9.17, 15) is 15.0 Å². The van der Waals surface area contributed by atoms with Crippen LogP contribution < -0.4 is 5.56 Å². The molecule has 1 aliphatic rings. The van der Waals surface area contributed by atoms with Crippen molar-refractivity contribution in [1.82, 2.24) is 19.3 Å². The van der Waals surface area contributed by atoms with Crippen LogP contribution in [0.3, 0.4) is 0 Å². The summed E-state index contributed by atoms with van der Waals surface area (Å²) in [6.45, 7) is 2.18. The van der Waals surface area contributed by atoms with E-state index in [1.54, 1.807) is 18.5 Å². The van der Waals surface area contributed by atoms with E-state index in [1.165, 1.54) is 16.5 Å². The van der Waals surface area contributed by atoms with Crippen molar-refractivity contribution >= 4 is 5.65 Å². The molecule has 7 nitrogen and oxygen atoms in total. The number of pyridine rings is 2. The molecule has 2 N–H and O–H groups in total. The first-order valence-electron chi connectivity index (χ1n) is 9.13. The van der Waals surface area contributed by atoms with E-state index in [0.717, 1.165) is 31.6 Å². The summed E-state index contributed by atoms with van der Waals surface area (Å²) >= 11 is 0. The highest BCUT2D eigenvalue weighted by atomic mass is 16.3. The van der Waals surface area contributed by atoms with Crippen molar-refractivity contribution in [2.75, 3.05) is 13.1 Å². The van der Waals surface area contributed by atoms with E-state index in [-0.39, 0.29) is 22.9 Å². The van der Waals surface area contributed by atoms with Crippen molar-refractivity contribution in [3.05, 3.63) is 70.5 Å². The number of hydrogen-bond donors (Lipinski definition) is 2. The van der Waals surface area contributed by atoms with Crippen LogP contribution in [-0.2, 0) is 6.54 Å². The summed E-state index contributed by atoms with van der Waals surface area (Å²) in [5, 5.41) is 20.5. The van der Waals surface area contributed by atoms with Gasteiger partial charge in [-0.3, -0.25) is 19.1 Å². The Morgan fingerprint density at radius 1 is 1.19 bits per heavy atom. The van der Waals surface area contributed by atoms with Crippen LogP contribution in [0.4, 0.5) is 0 Å². The first kappa shape index (κ1) is 17.6. The van der Waals surface area contributed by atoms with Crippen LogP contribution in [0, 0.1) is 5.92 Å². The fraction of sp³-hybridized carbons (Fsp3) is 0.350. The Morgan fingerprint density at radius 3 is 2.74 bits per heavy atom. The molecular weight excluding hydrogens is 344 g/mol. The van der Waals surface area contributed by atoms with Crippen LogP contribution in [0.2, 0.25) is 0 Å². The van der Waals surface area contributed by atoms with Gasteiger partial charge in [-0.25, -0.2) is 4.98 Å². The minimum Gasteiger partial charge on any atom is -0.504 e. The van der Waals surface area contributed by atoms with Crippen LogP contribution in [0.1, 0.15) is 30.3 Å². The van der Waals surface area contributed by atoms with Gasteiger partial charge in [0.15, 0.2) is 11.4 Å². The first-order chi connectivity index (χ1) is 13.1. The van der Waals surface area contributed by atoms with Crippen LogP contribution in [-0.4, -0.2) is 42.6 Å². The molecule has 3 aromatic rings. The number of fused-ring (bicyclic) bond motifs is 1. The van der Waals surface area contributed by atoms with Crippen molar-refractivity contribution in [1.29, 1.82) is 0 Å². The highest BCUT2D eigenvalue weighted by Gasteiger charge is 2.27. The number of aromatic hydroxyl groups is 1. The van der Waals surface area contributed by atoms with Gasteiger partial charge >= 0.3 is 0 Å². The zero-order valence-corrected chi connectivity index (χ0v) is 14.9. The molecule has 27 heavy (non-hydrogen) atoms. The largest absolute Gasteiger partial charge is 0.504 e. The summed E-state index contributed by atoms with van der Waals surface area (Å²) in [5.41, 5.74) is 1.44. The summed E-state index contributed by atoms with van der Waals surface area (Å²) < 4.78 is 1.34. The van der Waals surface area contributed by atoms with Gasteiger partial charge in [-0.05, 0) is 56.1 Å². The Hall–Kier alpha value is -2.77. The van der Waals surface area contributed by atoms with Crippen LogP contribution in [0.25, 0.3) is 5.65 Å². The van der Waals surface area contributed by atoms with Gasteiger partial charge in [-0.15, -0.1) is 0 Å². The molecule has 140 valence electrons. The molecule has 0 radical (unpaired) electrons. The molecule has 3 aromatic heterocycles. The molecule has 0 aliphatic carbocycles. The van der Waals surface area contributed by atoms with E-state index < -0.39 is 6.10 Å². The topological polar surface area (TPSA) is 91.0 Å². The summed E-state index contributed by atoms with van der Waals surface area (Å²) in [5.74, 6) is 0.170. The van der Waals surface area contributed by atoms with Gasteiger partial charge < -0.3 is 10.2 Å². The zero-order chi connectivity index (χ0) is 18.8. The highest BCUT2D eigenvalue weighted by Crippen LogP contribution is 2.30. The first-order valence-corrected chi connectivity index (χ1v) is 9.13. The van der Waals surface area contributed by atoms with Gasteiger partial charge in [0.05, 0.1) is 17.5 Å². The Balaban J connectivity index is 1.43. The van der Waals surface area contributed by atoms with E-state index in [0.29, 0.717) is 12.2 Å². The number of nitrogens with zero attached hydrogens (tertiary/aromatic N) is 4. The number of likely N-dealkylation sites (tertiary alicyclic amines) is 1. The van der Waals surface area contributed by atoms with E-state index >= 15 is 0 Å².